The fraction of sp³-hybridized carbons (Fsp3) is 0.474. The number of benzene rings is 1. The maximum absolute atomic E-state index is 12.5. The number of hydrogen-bond donors (Lipinski definition) is 1. The molecule has 1 aromatic carbocycles. The van der Waals surface area contributed by atoms with E-state index in [9.17, 15) is 4.79 Å². The summed E-state index contributed by atoms with van der Waals surface area (Å²) in [6, 6.07) is 9.66. The van der Waals surface area contributed by atoms with Crippen LogP contribution in [0.15, 0.2) is 47.4 Å². The van der Waals surface area contributed by atoms with Crippen molar-refractivity contribution in [3.8, 4) is 0 Å². The second kappa shape index (κ2) is 10.1. The molecule has 136 valence electrons. The monoisotopic (exact) mass is 361 g/mol. The van der Waals surface area contributed by atoms with E-state index in [-0.39, 0.29) is 5.12 Å². The average molecular weight is 362 g/mol. The summed E-state index contributed by atoms with van der Waals surface area (Å²) < 4.78 is 5.83. The number of hydrogen-bond acceptors (Lipinski definition) is 6. The zero-order valence-electron chi connectivity index (χ0n) is 15.0. The number of amidine groups is 1. The Labute approximate surface area is 154 Å². The minimum Gasteiger partial charge on any atom is -0.478 e. The third kappa shape index (κ3) is 5.53. The fourth-order valence-electron chi connectivity index (χ4n) is 2.40. The highest BCUT2D eigenvalue weighted by atomic mass is 32.2. The van der Waals surface area contributed by atoms with Gasteiger partial charge in [0.2, 0.25) is 11.0 Å². The number of thioether (sulfide) groups is 1. The van der Waals surface area contributed by atoms with Gasteiger partial charge in [0.25, 0.3) is 0 Å². The lowest BCUT2D eigenvalue weighted by molar-refractivity contribution is -0.111. The zero-order valence-corrected chi connectivity index (χ0v) is 15.8. The second-order valence-corrected chi connectivity index (χ2v) is 6.98. The van der Waals surface area contributed by atoms with Crippen LogP contribution in [0.1, 0.15) is 39.5 Å². The maximum Gasteiger partial charge on any atom is 0.212 e. The molecule has 0 radical (unpaired) electrons. The first-order valence-corrected chi connectivity index (χ1v) is 9.86. The number of hydrazone groups is 1. The summed E-state index contributed by atoms with van der Waals surface area (Å²) in [5.41, 5.74) is 6.96. The molecule has 0 fully saturated rings. The summed E-state index contributed by atoms with van der Waals surface area (Å²) in [7, 11) is 0. The van der Waals surface area contributed by atoms with Gasteiger partial charge in [0.1, 0.15) is 11.8 Å². The van der Waals surface area contributed by atoms with Crippen molar-refractivity contribution in [2.75, 3.05) is 17.4 Å². The number of rotatable bonds is 9. The van der Waals surface area contributed by atoms with Crippen molar-refractivity contribution in [2.24, 2.45) is 16.8 Å². The van der Waals surface area contributed by atoms with Gasteiger partial charge in [0.15, 0.2) is 0 Å². The highest BCUT2D eigenvalue weighted by Gasteiger charge is 2.29. The van der Waals surface area contributed by atoms with E-state index >= 15 is 0 Å². The lowest BCUT2D eigenvalue weighted by Crippen LogP contribution is -2.37. The van der Waals surface area contributed by atoms with Crippen molar-refractivity contribution >= 4 is 28.4 Å². The zero-order chi connectivity index (χ0) is 18.1. The van der Waals surface area contributed by atoms with Crippen LogP contribution in [0.3, 0.4) is 0 Å². The molecular formula is C19H27N3O2S. The maximum atomic E-state index is 12.5. The quantitative estimate of drug-likeness (QED) is 0.670. The number of unbranched alkanes of at least 4 members (excludes halogenated alkanes) is 2. The molecule has 1 aliphatic heterocycles. The molecular weight excluding hydrogens is 334 g/mol. The predicted molar refractivity (Wildman–Crippen MR) is 105 cm³/mol. The topological polar surface area (TPSA) is 67.9 Å². The van der Waals surface area contributed by atoms with Crippen LogP contribution in [0.2, 0.25) is 0 Å². The summed E-state index contributed by atoms with van der Waals surface area (Å²) in [6.45, 7) is 4.76. The number of ether oxygens (including phenoxy) is 1. The Kier molecular flexibility index (Phi) is 7.85. The highest BCUT2D eigenvalue weighted by molar-refractivity contribution is 8.13. The highest BCUT2D eigenvalue weighted by Crippen LogP contribution is 2.27. The van der Waals surface area contributed by atoms with Gasteiger partial charge >= 0.3 is 0 Å². The number of carbonyl (C=O) groups excluding carboxylic acids is 1. The third-order valence-electron chi connectivity index (χ3n) is 3.75. The van der Waals surface area contributed by atoms with Gasteiger partial charge in [0, 0.05) is 5.75 Å². The van der Waals surface area contributed by atoms with Gasteiger partial charge in [-0.15, -0.1) is 0 Å². The minimum absolute atomic E-state index is 0.0302. The summed E-state index contributed by atoms with van der Waals surface area (Å²) in [5, 5.41) is 6.13. The summed E-state index contributed by atoms with van der Waals surface area (Å²) in [6.07, 6.45) is 5.99. The molecule has 0 aromatic heterocycles. The standard InChI is InChI=1S/C19H27N3O2S/c1-3-5-9-13-25-19(23)16-14-17(24-12-4-2)22(21-18(16)20)15-10-7-6-8-11-15/h6-8,10-11,14,16H,3-5,9,12-13H2,1-2H3,(H2,20,21). The van der Waals surface area contributed by atoms with Crippen LogP contribution >= 0.6 is 11.8 Å². The van der Waals surface area contributed by atoms with E-state index < -0.39 is 5.92 Å². The van der Waals surface area contributed by atoms with Gasteiger partial charge in [-0.2, -0.15) is 10.1 Å². The van der Waals surface area contributed by atoms with Crippen molar-refractivity contribution < 1.29 is 9.53 Å². The third-order valence-corrected chi connectivity index (χ3v) is 4.78. The van der Waals surface area contributed by atoms with E-state index in [2.05, 4.69) is 12.0 Å². The molecule has 0 amide bonds. The van der Waals surface area contributed by atoms with E-state index in [4.69, 9.17) is 10.5 Å². The van der Waals surface area contributed by atoms with E-state index in [1.165, 1.54) is 11.8 Å². The Morgan fingerprint density at radius 2 is 2.00 bits per heavy atom. The van der Waals surface area contributed by atoms with Gasteiger partial charge < -0.3 is 10.5 Å². The van der Waals surface area contributed by atoms with Gasteiger partial charge in [-0.3, -0.25) is 4.79 Å². The van der Waals surface area contributed by atoms with Crippen molar-refractivity contribution in [3.05, 3.63) is 42.3 Å². The molecule has 5 nitrogen and oxygen atoms in total. The van der Waals surface area contributed by atoms with Gasteiger partial charge in [-0.05, 0) is 31.1 Å². The summed E-state index contributed by atoms with van der Waals surface area (Å²) >= 11 is 1.33. The minimum atomic E-state index is -0.529. The van der Waals surface area contributed by atoms with Gasteiger partial charge in [-0.25, -0.2) is 0 Å². The Morgan fingerprint density at radius 1 is 1.24 bits per heavy atom. The Hall–Kier alpha value is -1.95. The second-order valence-electron chi connectivity index (χ2n) is 5.88. The van der Waals surface area contributed by atoms with Crippen LogP contribution in [0, 0.1) is 5.92 Å². The van der Waals surface area contributed by atoms with E-state index in [1.807, 2.05) is 37.3 Å². The van der Waals surface area contributed by atoms with Crippen molar-refractivity contribution in [2.45, 2.75) is 39.5 Å². The number of anilines is 1. The van der Waals surface area contributed by atoms with Crippen LogP contribution in [0.25, 0.3) is 0 Å². The molecule has 0 saturated heterocycles. The number of nitrogens with zero attached hydrogens (tertiary/aromatic N) is 2. The number of para-hydroxylation sites is 1. The van der Waals surface area contributed by atoms with E-state index in [0.717, 1.165) is 37.1 Å². The first-order valence-electron chi connectivity index (χ1n) is 8.87. The van der Waals surface area contributed by atoms with Gasteiger partial charge in [-0.1, -0.05) is 56.7 Å². The fourth-order valence-corrected chi connectivity index (χ4v) is 3.32. The molecule has 0 spiro atoms. The lowest BCUT2D eigenvalue weighted by Gasteiger charge is -2.28. The Bertz CT molecular complexity index is 616. The molecule has 0 aliphatic carbocycles. The first kappa shape index (κ1) is 19.4. The van der Waals surface area contributed by atoms with Gasteiger partial charge in [0.05, 0.1) is 12.3 Å². The molecule has 0 saturated carbocycles. The van der Waals surface area contributed by atoms with Crippen LogP contribution in [-0.2, 0) is 9.53 Å². The lowest BCUT2D eigenvalue weighted by atomic mass is 10.1. The van der Waals surface area contributed by atoms with Crippen LogP contribution < -0.4 is 10.7 Å². The number of carbonyl (C=O) groups is 1. The Balaban J connectivity index is 2.14. The molecule has 0 bridgehead atoms. The van der Waals surface area contributed by atoms with E-state index in [1.54, 1.807) is 11.1 Å². The van der Waals surface area contributed by atoms with Crippen molar-refractivity contribution in [1.29, 1.82) is 0 Å². The largest absolute Gasteiger partial charge is 0.478 e. The van der Waals surface area contributed by atoms with Crippen LogP contribution in [0.4, 0.5) is 5.69 Å². The molecule has 25 heavy (non-hydrogen) atoms. The molecule has 2 rings (SSSR count). The van der Waals surface area contributed by atoms with Crippen molar-refractivity contribution in [1.82, 2.24) is 0 Å². The molecule has 6 heteroatoms. The molecule has 2 N–H and O–H groups in total. The number of nitrogens with two attached hydrogens (primary N) is 1. The normalized spacial score (nSPS) is 17.0. The average Bonchev–Trinajstić information content (AvgIpc) is 2.64. The van der Waals surface area contributed by atoms with E-state index in [0.29, 0.717) is 18.3 Å². The van der Waals surface area contributed by atoms with Crippen molar-refractivity contribution in [3.63, 3.8) is 0 Å². The Morgan fingerprint density at radius 3 is 2.68 bits per heavy atom. The van der Waals surface area contributed by atoms with Crippen LogP contribution in [-0.4, -0.2) is 23.3 Å². The smallest absolute Gasteiger partial charge is 0.212 e. The predicted octanol–water partition coefficient (Wildman–Crippen LogP) is 4.11. The molecule has 1 atom stereocenters. The molecule has 1 heterocycles. The SMILES string of the molecule is CCCCCSC(=O)C1C=C(OCCC)N(c2ccccc2)N=C1N. The van der Waals surface area contributed by atoms with Crippen LogP contribution in [0.5, 0.6) is 0 Å². The molecule has 1 aliphatic rings. The molecule has 1 aromatic rings. The first-order chi connectivity index (χ1) is 12.2. The summed E-state index contributed by atoms with van der Waals surface area (Å²) in [5.74, 6) is 1.16. The molecule has 1 unspecified atom stereocenters. The summed E-state index contributed by atoms with van der Waals surface area (Å²) in [4.78, 5) is 12.5.